The summed E-state index contributed by atoms with van der Waals surface area (Å²) in [6.45, 7) is 4.40. The fraction of sp³-hybridized carbons (Fsp3) is 0.367. The lowest BCUT2D eigenvalue weighted by atomic mass is 10.1. The zero-order valence-electron chi connectivity index (χ0n) is 23.8. The number of rotatable bonds is 14. The van der Waals surface area contributed by atoms with Crippen LogP contribution in [0.3, 0.4) is 0 Å². The standard InChI is InChI=1S/C30H36N4O9/c1-3-16-41-29(39)20(2)31-27(37)24(18-35)32-28(38)25-10-7-15-34(25)33-30(40)42-19-22-11-13-23(14-12-22)43-26(36)17-21-8-5-4-6-9-21/h3-6,8-9,11-14,20,24-25,35H,1,7,10,15-19H2,2H3,(H,31,37)(H,32,38)(H,33,40)/t20-,24-,25-/m0/s1. The highest BCUT2D eigenvalue weighted by Crippen LogP contribution is 2.17. The number of amides is 3. The minimum absolute atomic E-state index is 0.0227. The predicted octanol–water partition coefficient (Wildman–Crippen LogP) is 1.15. The zero-order chi connectivity index (χ0) is 31.2. The molecule has 0 radical (unpaired) electrons. The number of aliphatic hydroxyl groups is 1. The lowest BCUT2D eigenvalue weighted by molar-refractivity contribution is -0.146. The van der Waals surface area contributed by atoms with E-state index in [9.17, 15) is 29.1 Å². The molecular weight excluding hydrogens is 560 g/mol. The summed E-state index contributed by atoms with van der Waals surface area (Å²) in [6.07, 6.45) is 1.71. The number of esters is 2. The van der Waals surface area contributed by atoms with Crippen LogP contribution in [0, 0.1) is 0 Å². The summed E-state index contributed by atoms with van der Waals surface area (Å²) in [5.74, 6) is -2.10. The first kappa shape index (κ1) is 32.8. The Labute approximate surface area is 249 Å². The van der Waals surface area contributed by atoms with E-state index in [1.165, 1.54) is 18.0 Å². The van der Waals surface area contributed by atoms with Crippen molar-refractivity contribution < 1.29 is 43.3 Å². The quantitative estimate of drug-likeness (QED) is 0.141. The smallest absolute Gasteiger partial charge is 0.422 e. The Bertz CT molecular complexity index is 1270. The van der Waals surface area contributed by atoms with Crippen molar-refractivity contribution in [3.63, 3.8) is 0 Å². The van der Waals surface area contributed by atoms with Gasteiger partial charge in [0.15, 0.2) is 0 Å². The summed E-state index contributed by atoms with van der Waals surface area (Å²) in [6, 6.07) is 12.6. The van der Waals surface area contributed by atoms with E-state index in [1.54, 1.807) is 24.3 Å². The Morgan fingerprint density at radius 3 is 2.42 bits per heavy atom. The maximum Gasteiger partial charge on any atom is 0.422 e. The average molecular weight is 597 g/mol. The minimum atomic E-state index is -1.32. The van der Waals surface area contributed by atoms with E-state index in [1.807, 2.05) is 30.3 Å². The molecule has 0 saturated carbocycles. The molecule has 3 atom stereocenters. The third-order valence-electron chi connectivity index (χ3n) is 6.38. The molecular formula is C30H36N4O9. The second kappa shape index (κ2) is 16.6. The second-order valence-electron chi connectivity index (χ2n) is 9.71. The summed E-state index contributed by atoms with van der Waals surface area (Å²) < 4.78 is 15.5. The van der Waals surface area contributed by atoms with Crippen molar-refractivity contribution in [3.05, 3.63) is 78.4 Å². The van der Waals surface area contributed by atoms with Crippen LogP contribution < -0.4 is 20.8 Å². The largest absolute Gasteiger partial charge is 0.460 e. The van der Waals surface area contributed by atoms with E-state index in [2.05, 4.69) is 22.6 Å². The average Bonchev–Trinajstić information content (AvgIpc) is 3.46. The molecule has 1 heterocycles. The molecule has 1 aliphatic heterocycles. The number of hydrogen-bond acceptors (Lipinski definition) is 10. The van der Waals surface area contributed by atoms with Crippen LogP contribution in [0.25, 0.3) is 0 Å². The summed E-state index contributed by atoms with van der Waals surface area (Å²) in [5.41, 5.74) is 4.03. The van der Waals surface area contributed by atoms with Crippen LogP contribution in [-0.4, -0.2) is 77.8 Å². The number of aliphatic hydroxyl groups excluding tert-OH is 1. The van der Waals surface area contributed by atoms with Crippen LogP contribution in [-0.2, 0) is 41.7 Å². The molecule has 0 aliphatic carbocycles. The van der Waals surface area contributed by atoms with Crippen LogP contribution >= 0.6 is 0 Å². The van der Waals surface area contributed by atoms with Gasteiger partial charge in [-0.25, -0.2) is 14.6 Å². The Hall–Kier alpha value is -4.75. The lowest BCUT2D eigenvalue weighted by Crippen LogP contribution is -2.57. The molecule has 0 bridgehead atoms. The van der Waals surface area contributed by atoms with Gasteiger partial charge in [-0.3, -0.25) is 19.8 Å². The van der Waals surface area contributed by atoms with Crippen LogP contribution in [0.1, 0.15) is 30.9 Å². The van der Waals surface area contributed by atoms with Crippen molar-refractivity contribution in [1.82, 2.24) is 21.1 Å². The van der Waals surface area contributed by atoms with Crippen LogP contribution in [0.2, 0.25) is 0 Å². The lowest BCUT2D eigenvalue weighted by Gasteiger charge is -2.26. The van der Waals surface area contributed by atoms with Gasteiger partial charge in [-0.05, 0) is 43.0 Å². The second-order valence-corrected chi connectivity index (χ2v) is 9.71. The molecule has 0 spiro atoms. The minimum Gasteiger partial charge on any atom is -0.460 e. The van der Waals surface area contributed by atoms with Gasteiger partial charge in [-0.15, -0.1) is 0 Å². The summed E-state index contributed by atoms with van der Waals surface area (Å²) in [7, 11) is 0. The summed E-state index contributed by atoms with van der Waals surface area (Å²) >= 11 is 0. The zero-order valence-corrected chi connectivity index (χ0v) is 23.8. The van der Waals surface area contributed by atoms with Crippen molar-refractivity contribution in [3.8, 4) is 5.75 Å². The highest BCUT2D eigenvalue weighted by molar-refractivity contribution is 5.92. The van der Waals surface area contributed by atoms with Crippen molar-refractivity contribution in [1.29, 1.82) is 0 Å². The Balaban J connectivity index is 1.43. The molecule has 1 fully saturated rings. The number of ether oxygens (including phenoxy) is 3. The van der Waals surface area contributed by atoms with Crippen molar-refractivity contribution >= 4 is 29.8 Å². The molecule has 3 amide bonds. The van der Waals surface area contributed by atoms with Crippen LogP contribution in [0.4, 0.5) is 4.79 Å². The molecule has 13 heteroatoms. The monoisotopic (exact) mass is 596 g/mol. The van der Waals surface area contributed by atoms with Gasteiger partial charge >= 0.3 is 18.0 Å². The first-order chi connectivity index (χ1) is 20.7. The number of hydrogen-bond donors (Lipinski definition) is 4. The molecule has 2 aromatic rings. The van der Waals surface area contributed by atoms with Gasteiger partial charge in [0.2, 0.25) is 11.8 Å². The van der Waals surface area contributed by atoms with Crippen molar-refractivity contribution in [2.24, 2.45) is 0 Å². The first-order valence-corrected chi connectivity index (χ1v) is 13.7. The number of nitrogens with zero attached hydrogens (tertiary/aromatic N) is 1. The van der Waals surface area contributed by atoms with E-state index >= 15 is 0 Å². The third kappa shape index (κ3) is 10.5. The summed E-state index contributed by atoms with van der Waals surface area (Å²) in [5, 5.41) is 15.9. The van der Waals surface area contributed by atoms with Crippen LogP contribution in [0.15, 0.2) is 67.3 Å². The van der Waals surface area contributed by atoms with Gasteiger partial charge in [0.1, 0.15) is 37.1 Å². The third-order valence-corrected chi connectivity index (χ3v) is 6.38. The highest BCUT2D eigenvalue weighted by Gasteiger charge is 2.35. The molecule has 2 aromatic carbocycles. The normalized spacial score (nSPS) is 15.8. The highest BCUT2D eigenvalue weighted by atomic mass is 16.6. The van der Waals surface area contributed by atoms with Gasteiger partial charge in [0.05, 0.1) is 13.0 Å². The fourth-order valence-corrected chi connectivity index (χ4v) is 4.16. The number of nitrogens with one attached hydrogen (secondary N) is 3. The molecule has 43 heavy (non-hydrogen) atoms. The molecule has 0 unspecified atom stereocenters. The maximum absolute atomic E-state index is 12.9. The van der Waals surface area contributed by atoms with Crippen molar-refractivity contribution in [2.75, 3.05) is 19.8 Å². The molecule has 4 N–H and O–H groups in total. The fourth-order valence-electron chi connectivity index (χ4n) is 4.16. The summed E-state index contributed by atoms with van der Waals surface area (Å²) in [4.78, 5) is 61.8. The molecule has 13 nitrogen and oxygen atoms in total. The van der Waals surface area contributed by atoms with E-state index in [-0.39, 0.29) is 19.6 Å². The van der Waals surface area contributed by atoms with E-state index in [0.717, 1.165) is 5.56 Å². The SMILES string of the molecule is C=CCOC(=O)[C@H](C)NC(=O)[C@H](CO)NC(=O)[C@@H]1CCCN1NC(=O)OCc1ccc(OC(=O)Cc2ccccc2)cc1. The van der Waals surface area contributed by atoms with Gasteiger partial charge in [0.25, 0.3) is 0 Å². The topological polar surface area (TPSA) is 173 Å². The molecule has 230 valence electrons. The van der Waals surface area contributed by atoms with Crippen molar-refractivity contribution in [2.45, 2.75) is 50.9 Å². The van der Waals surface area contributed by atoms with Gasteiger partial charge in [-0.2, -0.15) is 0 Å². The molecule has 1 aliphatic rings. The van der Waals surface area contributed by atoms with Crippen LogP contribution in [0.5, 0.6) is 5.75 Å². The Kier molecular flexibility index (Phi) is 12.7. The molecule has 3 rings (SSSR count). The predicted molar refractivity (Wildman–Crippen MR) is 153 cm³/mol. The number of carbonyl (C=O) groups is 5. The molecule has 0 aromatic heterocycles. The van der Waals surface area contributed by atoms with Gasteiger partial charge in [0, 0.05) is 6.54 Å². The Morgan fingerprint density at radius 2 is 1.74 bits per heavy atom. The van der Waals surface area contributed by atoms with E-state index in [0.29, 0.717) is 30.7 Å². The number of hydrazine groups is 1. The number of carbonyl (C=O) groups excluding carboxylic acids is 5. The first-order valence-electron chi connectivity index (χ1n) is 13.7. The number of benzene rings is 2. The maximum atomic E-state index is 12.9. The van der Waals surface area contributed by atoms with Gasteiger partial charge < -0.3 is 30.0 Å². The van der Waals surface area contributed by atoms with E-state index < -0.39 is 54.6 Å². The van der Waals surface area contributed by atoms with E-state index in [4.69, 9.17) is 14.2 Å². The molecule has 1 saturated heterocycles. The Morgan fingerprint density at radius 1 is 1.02 bits per heavy atom. The van der Waals surface area contributed by atoms with Gasteiger partial charge in [-0.1, -0.05) is 55.1 Å².